The van der Waals surface area contributed by atoms with E-state index in [1.807, 2.05) is 0 Å². The van der Waals surface area contributed by atoms with E-state index in [2.05, 4.69) is 13.2 Å². The molecule has 24 heavy (non-hydrogen) atoms. The second-order valence-corrected chi connectivity index (χ2v) is 4.65. The molecule has 0 saturated heterocycles. The molecule has 0 aromatic heterocycles. The van der Waals surface area contributed by atoms with Crippen LogP contribution in [0.1, 0.15) is 13.3 Å². The summed E-state index contributed by atoms with van der Waals surface area (Å²) in [7, 11) is 0. The third-order valence-corrected chi connectivity index (χ3v) is 2.87. The van der Waals surface area contributed by atoms with Crippen molar-refractivity contribution in [3.8, 4) is 0 Å². The van der Waals surface area contributed by atoms with Crippen LogP contribution in [0.4, 0.5) is 0 Å². The average Bonchev–Trinajstić information content (AvgIpc) is 2.49. The Kier molecular flexibility index (Phi) is 8.52. The Morgan fingerprint density at radius 2 is 1.75 bits per heavy atom. The van der Waals surface area contributed by atoms with Crippen molar-refractivity contribution < 1.29 is 29.7 Å². The van der Waals surface area contributed by atoms with Crippen LogP contribution in [0, 0.1) is 5.92 Å². The Balaban J connectivity index is 0.000000561. The summed E-state index contributed by atoms with van der Waals surface area (Å²) < 4.78 is 0. The fourth-order valence-electron chi connectivity index (χ4n) is 1.69. The van der Waals surface area contributed by atoms with Crippen LogP contribution in [0.3, 0.4) is 0 Å². The first-order valence-corrected chi connectivity index (χ1v) is 6.72. The Morgan fingerprint density at radius 3 is 2.12 bits per heavy atom. The largest absolute Gasteiger partial charge is 0.509 e. The molecule has 0 saturated carbocycles. The molecule has 1 atom stereocenters. The van der Waals surface area contributed by atoms with E-state index in [9.17, 15) is 19.5 Å². The molecule has 0 fully saturated rings. The maximum atomic E-state index is 11.1. The first-order chi connectivity index (χ1) is 11.1. The topological polar surface area (TPSA) is 141 Å². The number of nitrogens with zero attached hydrogens (tertiary/aromatic N) is 1. The van der Waals surface area contributed by atoms with E-state index in [4.69, 9.17) is 16.1 Å². The number of carbonyl (C=O) groups excluding carboxylic acids is 1. The Bertz CT molecular complexity index is 614. The van der Waals surface area contributed by atoms with Gasteiger partial charge in [0.1, 0.15) is 5.76 Å². The van der Waals surface area contributed by atoms with Crippen molar-refractivity contribution in [3.63, 3.8) is 0 Å². The zero-order valence-electron chi connectivity index (χ0n) is 13.2. The highest BCUT2D eigenvalue weighted by Gasteiger charge is 2.24. The summed E-state index contributed by atoms with van der Waals surface area (Å²) in [5, 5.41) is 26.5. The zero-order valence-corrected chi connectivity index (χ0v) is 13.2. The number of carboxylic acid groups (broad SMARTS) is 2. The SMILES string of the molecule is C=CCC1C(=C)C=CC(N(N)C(C)=O)=C1O.O=C(O)/C=C/C(=O)O. The van der Waals surface area contributed by atoms with Crippen molar-refractivity contribution in [2.24, 2.45) is 11.8 Å². The van der Waals surface area contributed by atoms with E-state index >= 15 is 0 Å². The fraction of sp³-hybridized carbons (Fsp3) is 0.188. The molecular weight excluding hydrogens is 316 g/mol. The van der Waals surface area contributed by atoms with Crippen LogP contribution in [-0.2, 0) is 14.4 Å². The molecule has 1 aliphatic carbocycles. The van der Waals surface area contributed by atoms with Crippen LogP contribution in [0.25, 0.3) is 0 Å². The molecule has 0 spiro atoms. The number of nitrogens with two attached hydrogens (primary N) is 1. The predicted molar refractivity (Wildman–Crippen MR) is 87.4 cm³/mol. The Labute approximate surface area is 139 Å². The minimum Gasteiger partial charge on any atom is -0.509 e. The van der Waals surface area contributed by atoms with Gasteiger partial charge in [0.15, 0.2) is 0 Å². The van der Waals surface area contributed by atoms with Gasteiger partial charge in [-0.25, -0.2) is 20.4 Å². The maximum absolute atomic E-state index is 11.1. The molecule has 0 heterocycles. The molecule has 0 bridgehead atoms. The van der Waals surface area contributed by atoms with Crippen LogP contribution < -0.4 is 5.84 Å². The van der Waals surface area contributed by atoms with Gasteiger partial charge in [0, 0.05) is 25.0 Å². The van der Waals surface area contributed by atoms with E-state index < -0.39 is 11.9 Å². The summed E-state index contributed by atoms with van der Waals surface area (Å²) in [5.74, 6) is 2.51. The average molecular weight is 336 g/mol. The lowest BCUT2D eigenvalue weighted by Crippen LogP contribution is -2.36. The fourth-order valence-corrected chi connectivity index (χ4v) is 1.69. The highest BCUT2D eigenvalue weighted by Crippen LogP contribution is 2.30. The molecule has 1 amide bonds. The summed E-state index contributed by atoms with van der Waals surface area (Å²) in [5.41, 5.74) is 1.09. The van der Waals surface area contributed by atoms with Crippen molar-refractivity contribution >= 4 is 17.8 Å². The van der Waals surface area contributed by atoms with E-state index in [0.29, 0.717) is 24.3 Å². The number of hydrogen-bond acceptors (Lipinski definition) is 5. The van der Waals surface area contributed by atoms with Crippen LogP contribution in [-0.4, -0.2) is 38.2 Å². The summed E-state index contributed by atoms with van der Waals surface area (Å²) in [6, 6.07) is 0. The van der Waals surface area contributed by atoms with Crippen molar-refractivity contribution in [2.45, 2.75) is 13.3 Å². The smallest absolute Gasteiger partial charge is 0.328 e. The number of rotatable bonds is 5. The van der Waals surface area contributed by atoms with Crippen LogP contribution >= 0.6 is 0 Å². The van der Waals surface area contributed by atoms with Gasteiger partial charge >= 0.3 is 11.9 Å². The molecule has 1 aliphatic rings. The van der Waals surface area contributed by atoms with Gasteiger partial charge < -0.3 is 15.3 Å². The molecule has 1 rings (SSSR count). The normalized spacial score (nSPS) is 16.4. The van der Waals surface area contributed by atoms with Crippen LogP contribution in [0.15, 0.2) is 60.6 Å². The quantitative estimate of drug-likeness (QED) is 0.196. The van der Waals surface area contributed by atoms with E-state index in [-0.39, 0.29) is 17.6 Å². The van der Waals surface area contributed by atoms with Crippen molar-refractivity contribution in [1.82, 2.24) is 5.01 Å². The van der Waals surface area contributed by atoms with E-state index in [0.717, 1.165) is 10.6 Å². The van der Waals surface area contributed by atoms with E-state index in [1.54, 1.807) is 18.2 Å². The van der Waals surface area contributed by atoms with E-state index in [1.165, 1.54) is 6.92 Å². The highest BCUT2D eigenvalue weighted by atomic mass is 16.4. The predicted octanol–water partition coefficient (Wildman–Crippen LogP) is 1.51. The molecular formula is C16H20N2O6. The van der Waals surface area contributed by atoms with Gasteiger partial charge in [0.05, 0.1) is 5.70 Å². The second-order valence-electron chi connectivity index (χ2n) is 4.65. The zero-order chi connectivity index (χ0) is 18.9. The lowest BCUT2D eigenvalue weighted by atomic mass is 9.89. The van der Waals surface area contributed by atoms with Gasteiger partial charge in [-0.1, -0.05) is 18.7 Å². The molecule has 5 N–H and O–H groups in total. The molecule has 130 valence electrons. The maximum Gasteiger partial charge on any atom is 0.328 e. The van der Waals surface area contributed by atoms with Crippen LogP contribution in [0.2, 0.25) is 0 Å². The lowest BCUT2D eigenvalue weighted by Gasteiger charge is -2.25. The Hall–Kier alpha value is -3.13. The third-order valence-electron chi connectivity index (χ3n) is 2.87. The highest BCUT2D eigenvalue weighted by molar-refractivity contribution is 5.89. The minimum atomic E-state index is -1.26. The number of aliphatic hydroxyl groups excluding tert-OH is 1. The molecule has 0 aromatic rings. The van der Waals surface area contributed by atoms with Gasteiger partial charge in [0.2, 0.25) is 5.91 Å². The van der Waals surface area contributed by atoms with Gasteiger partial charge in [0.25, 0.3) is 0 Å². The summed E-state index contributed by atoms with van der Waals surface area (Å²) in [6.07, 6.45) is 6.69. The molecule has 8 heteroatoms. The van der Waals surface area contributed by atoms with Gasteiger partial charge in [-0.2, -0.15) is 0 Å². The monoisotopic (exact) mass is 336 g/mol. The van der Waals surface area contributed by atoms with Gasteiger partial charge in [-0.15, -0.1) is 6.58 Å². The Morgan fingerprint density at radius 1 is 1.25 bits per heavy atom. The first kappa shape index (κ1) is 20.9. The number of amides is 1. The minimum absolute atomic E-state index is 0.0603. The van der Waals surface area contributed by atoms with Crippen LogP contribution in [0.5, 0.6) is 0 Å². The lowest BCUT2D eigenvalue weighted by molar-refractivity contribution is -0.134. The van der Waals surface area contributed by atoms with Crippen molar-refractivity contribution in [3.05, 3.63) is 60.6 Å². The summed E-state index contributed by atoms with van der Waals surface area (Å²) in [4.78, 5) is 30.2. The number of hydrogen-bond donors (Lipinski definition) is 4. The number of carboxylic acids is 2. The van der Waals surface area contributed by atoms with Crippen molar-refractivity contribution in [1.29, 1.82) is 0 Å². The molecule has 0 aliphatic heterocycles. The molecule has 8 nitrogen and oxygen atoms in total. The number of hydrazine groups is 1. The van der Waals surface area contributed by atoms with Gasteiger partial charge in [-0.05, 0) is 18.1 Å². The number of allylic oxidation sites excluding steroid dienone is 4. The third kappa shape index (κ3) is 6.75. The number of aliphatic hydroxyl groups is 1. The molecule has 0 radical (unpaired) electrons. The number of carbonyl (C=O) groups is 3. The number of aliphatic carboxylic acids is 2. The second kappa shape index (κ2) is 9.80. The van der Waals surface area contributed by atoms with Gasteiger partial charge in [-0.3, -0.25) is 4.79 Å². The molecule has 0 aromatic carbocycles. The molecule has 1 unspecified atom stereocenters. The summed E-state index contributed by atoms with van der Waals surface area (Å²) >= 11 is 0. The van der Waals surface area contributed by atoms with Crippen molar-refractivity contribution in [2.75, 3.05) is 0 Å². The summed E-state index contributed by atoms with van der Waals surface area (Å²) in [6.45, 7) is 8.78. The first-order valence-electron chi connectivity index (χ1n) is 6.72. The standard InChI is InChI=1S/C12H16N2O2.C4H4O4/c1-4-5-10-8(2)6-7-11(12(10)16)14(13)9(3)15;5-3(6)1-2-4(7)8/h4,6-7,10,16H,1-2,5,13H2,3H3;1-2H,(H,5,6)(H,7,8)/b;2-1+.